The molecular weight excluding hydrogens is 264 g/mol. The van der Waals surface area contributed by atoms with Crippen LogP contribution in [0.15, 0.2) is 6.07 Å². The van der Waals surface area contributed by atoms with Crippen LogP contribution in [-0.4, -0.2) is 11.4 Å². The van der Waals surface area contributed by atoms with E-state index in [-0.39, 0.29) is 12.0 Å². The summed E-state index contributed by atoms with van der Waals surface area (Å²) >= 11 is 0. The third kappa shape index (κ3) is 2.42. The van der Waals surface area contributed by atoms with Crippen molar-refractivity contribution < 1.29 is 22.4 Å². The third-order valence-corrected chi connectivity index (χ3v) is 3.27. The van der Waals surface area contributed by atoms with Crippen LogP contribution in [0.25, 0.3) is 0 Å². The molecule has 1 aromatic rings. The SMILES string of the molecule is CC(N)(C(=O)Nc1c(F)c(F)cc(F)c1F)C1CC1. The standard InChI is InChI=1S/C12H12F4N2O/c1-12(17,5-2-3-5)11(19)18-10-8(15)6(13)4-7(14)9(10)16/h4-5H,2-3,17H2,1H3,(H,18,19). The lowest BCUT2D eigenvalue weighted by Crippen LogP contribution is -2.50. The Kier molecular flexibility index (Phi) is 3.25. The Labute approximate surface area is 106 Å². The number of hydrogen-bond acceptors (Lipinski definition) is 2. The Morgan fingerprint density at radius 3 is 2.16 bits per heavy atom. The average molecular weight is 276 g/mol. The van der Waals surface area contributed by atoms with Crippen molar-refractivity contribution in [3.8, 4) is 0 Å². The average Bonchev–Trinajstić information content (AvgIpc) is 3.16. The zero-order chi connectivity index (χ0) is 14.4. The van der Waals surface area contributed by atoms with E-state index in [1.807, 2.05) is 5.32 Å². The van der Waals surface area contributed by atoms with Gasteiger partial charge in [0, 0.05) is 6.07 Å². The van der Waals surface area contributed by atoms with Crippen LogP contribution in [0.5, 0.6) is 0 Å². The largest absolute Gasteiger partial charge is 0.319 e. The van der Waals surface area contributed by atoms with Crippen LogP contribution in [-0.2, 0) is 4.79 Å². The van der Waals surface area contributed by atoms with Crippen LogP contribution in [0.4, 0.5) is 23.2 Å². The number of hydrogen-bond donors (Lipinski definition) is 2. The molecule has 0 aliphatic heterocycles. The first-order chi connectivity index (χ1) is 8.75. The molecule has 1 amide bonds. The maximum absolute atomic E-state index is 13.4. The highest BCUT2D eigenvalue weighted by molar-refractivity contribution is 5.98. The number of carbonyl (C=O) groups excluding carboxylic acids is 1. The molecule has 1 atom stereocenters. The van der Waals surface area contributed by atoms with Gasteiger partial charge in [0.15, 0.2) is 23.3 Å². The fourth-order valence-corrected chi connectivity index (χ4v) is 1.80. The number of nitrogens with two attached hydrogens (primary N) is 1. The van der Waals surface area contributed by atoms with Crippen LogP contribution < -0.4 is 11.1 Å². The molecule has 0 heterocycles. The molecule has 3 nitrogen and oxygen atoms in total. The van der Waals surface area contributed by atoms with Gasteiger partial charge in [-0.3, -0.25) is 4.79 Å². The van der Waals surface area contributed by atoms with Gasteiger partial charge in [-0.25, -0.2) is 17.6 Å². The first-order valence-corrected chi connectivity index (χ1v) is 5.68. The number of amides is 1. The van der Waals surface area contributed by atoms with Gasteiger partial charge in [0.25, 0.3) is 0 Å². The quantitative estimate of drug-likeness (QED) is 0.657. The summed E-state index contributed by atoms with van der Waals surface area (Å²) in [4.78, 5) is 11.8. The number of anilines is 1. The van der Waals surface area contributed by atoms with Crippen molar-refractivity contribution in [3.63, 3.8) is 0 Å². The van der Waals surface area contributed by atoms with E-state index in [9.17, 15) is 22.4 Å². The molecule has 2 rings (SSSR count). The minimum atomic E-state index is -1.65. The fourth-order valence-electron chi connectivity index (χ4n) is 1.80. The van der Waals surface area contributed by atoms with Gasteiger partial charge in [0.05, 0.1) is 5.54 Å². The maximum Gasteiger partial charge on any atom is 0.244 e. The monoisotopic (exact) mass is 276 g/mol. The second kappa shape index (κ2) is 4.48. The molecule has 1 fully saturated rings. The molecule has 0 spiro atoms. The van der Waals surface area contributed by atoms with Gasteiger partial charge in [-0.05, 0) is 25.7 Å². The number of nitrogens with one attached hydrogen (secondary N) is 1. The topological polar surface area (TPSA) is 55.1 Å². The van der Waals surface area contributed by atoms with Gasteiger partial charge >= 0.3 is 0 Å². The maximum atomic E-state index is 13.4. The minimum Gasteiger partial charge on any atom is -0.319 e. The molecule has 1 saturated carbocycles. The highest BCUT2D eigenvalue weighted by Crippen LogP contribution is 2.39. The van der Waals surface area contributed by atoms with Crippen LogP contribution in [0.3, 0.4) is 0 Å². The number of benzene rings is 1. The molecule has 0 saturated heterocycles. The normalized spacial score (nSPS) is 18.0. The Morgan fingerprint density at radius 1 is 1.26 bits per heavy atom. The summed E-state index contributed by atoms with van der Waals surface area (Å²) in [6, 6.07) is 0.0723. The molecule has 7 heteroatoms. The van der Waals surface area contributed by atoms with E-state index in [1.54, 1.807) is 0 Å². The van der Waals surface area contributed by atoms with Gasteiger partial charge in [-0.2, -0.15) is 0 Å². The van der Waals surface area contributed by atoms with E-state index in [0.29, 0.717) is 0 Å². The second-order valence-corrected chi connectivity index (χ2v) is 4.85. The number of carbonyl (C=O) groups is 1. The van der Waals surface area contributed by atoms with Gasteiger partial charge in [-0.15, -0.1) is 0 Å². The molecule has 1 aliphatic rings. The van der Waals surface area contributed by atoms with Crippen LogP contribution >= 0.6 is 0 Å². The Morgan fingerprint density at radius 2 is 1.74 bits per heavy atom. The van der Waals surface area contributed by atoms with Crippen LogP contribution in [0.1, 0.15) is 19.8 Å². The molecule has 0 aromatic heterocycles. The van der Waals surface area contributed by atoms with Crippen LogP contribution in [0.2, 0.25) is 0 Å². The highest BCUT2D eigenvalue weighted by atomic mass is 19.2. The number of rotatable bonds is 3. The predicted molar refractivity (Wildman–Crippen MR) is 60.2 cm³/mol. The summed E-state index contributed by atoms with van der Waals surface area (Å²) in [5, 5.41) is 1.83. The fraction of sp³-hybridized carbons (Fsp3) is 0.417. The Bertz CT molecular complexity index is 515. The highest BCUT2D eigenvalue weighted by Gasteiger charge is 2.44. The van der Waals surface area contributed by atoms with Crippen molar-refractivity contribution in [3.05, 3.63) is 29.3 Å². The lowest BCUT2D eigenvalue weighted by atomic mass is 9.96. The first-order valence-electron chi connectivity index (χ1n) is 5.68. The van der Waals surface area contributed by atoms with Crippen molar-refractivity contribution in [2.75, 3.05) is 5.32 Å². The summed E-state index contributed by atoms with van der Waals surface area (Å²) in [6.45, 7) is 1.41. The van der Waals surface area contributed by atoms with Gasteiger partial charge in [-0.1, -0.05) is 0 Å². The summed E-state index contributed by atoms with van der Waals surface area (Å²) in [6.07, 6.45) is 1.45. The van der Waals surface area contributed by atoms with Gasteiger partial charge in [0.2, 0.25) is 5.91 Å². The predicted octanol–water partition coefficient (Wildman–Crippen LogP) is 2.31. The summed E-state index contributed by atoms with van der Waals surface area (Å²) in [5.74, 6) is -7.45. The van der Waals surface area contributed by atoms with Crippen molar-refractivity contribution in [2.24, 2.45) is 11.7 Å². The van der Waals surface area contributed by atoms with E-state index in [2.05, 4.69) is 0 Å². The smallest absolute Gasteiger partial charge is 0.244 e. The van der Waals surface area contributed by atoms with Gasteiger partial charge in [0.1, 0.15) is 5.69 Å². The van der Waals surface area contributed by atoms with Crippen molar-refractivity contribution in [1.82, 2.24) is 0 Å². The zero-order valence-corrected chi connectivity index (χ0v) is 10.1. The Balaban J connectivity index is 2.31. The molecular formula is C12H12F4N2O. The van der Waals surface area contributed by atoms with Crippen molar-refractivity contribution in [2.45, 2.75) is 25.3 Å². The van der Waals surface area contributed by atoms with E-state index in [1.165, 1.54) is 6.92 Å². The van der Waals surface area contributed by atoms with E-state index < -0.39 is 40.4 Å². The molecule has 19 heavy (non-hydrogen) atoms. The summed E-state index contributed by atoms with van der Waals surface area (Å²) < 4.78 is 52.7. The summed E-state index contributed by atoms with van der Waals surface area (Å²) in [7, 11) is 0. The first kappa shape index (κ1) is 13.8. The third-order valence-electron chi connectivity index (χ3n) is 3.27. The van der Waals surface area contributed by atoms with Gasteiger partial charge < -0.3 is 11.1 Å². The lowest BCUT2D eigenvalue weighted by Gasteiger charge is -2.23. The number of halogens is 4. The molecule has 1 aromatic carbocycles. The summed E-state index contributed by atoms with van der Waals surface area (Å²) in [5.41, 5.74) is 3.26. The molecule has 0 radical (unpaired) electrons. The van der Waals surface area contributed by atoms with E-state index >= 15 is 0 Å². The van der Waals surface area contributed by atoms with Crippen molar-refractivity contribution in [1.29, 1.82) is 0 Å². The molecule has 3 N–H and O–H groups in total. The zero-order valence-electron chi connectivity index (χ0n) is 10.1. The van der Waals surface area contributed by atoms with Crippen molar-refractivity contribution >= 4 is 11.6 Å². The second-order valence-electron chi connectivity index (χ2n) is 4.85. The van der Waals surface area contributed by atoms with Crippen LogP contribution in [0, 0.1) is 29.2 Å². The lowest BCUT2D eigenvalue weighted by molar-refractivity contribution is -0.121. The molecule has 1 unspecified atom stereocenters. The minimum absolute atomic E-state index is 0.0723. The Hall–Kier alpha value is -1.63. The van der Waals surface area contributed by atoms with E-state index in [0.717, 1.165) is 12.8 Å². The molecule has 0 bridgehead atoms. The van der Waals surface area contributed by atoms with E-state index in [4.69, 9.17) is 5.73 Å². The molecule has 1 aliphatic carbocycles. The molecule has 104 valence electrons.